The molecule has 0 aromatic heterocycles. The Morgan fingerprint density at radius 3 is 2.13 bits per heavy atom. The molecule has 1 aliphatic rings. The van der Waals surface area contributed by atoms with Crippen LogP contribution in [0.2, 0.25) is 0 Å². The summed E-state index contributed by atoms with van der Waals surface area (Å²) in [7, 11) is -3.00. The van der Waals surface area contributed by atoms with Crippen LogP contribution >= 0.6 is 0 Å². The Kier molecular flexibility index (Phi) is 4.59. The van der Waals surface area contributed by atoms with Gasteiger partial charge >= 0.3 is 0 Å². The fourth-order valence-corrected chi connectivity index (χ4v) is 2.87. The second-order valence-corrected chi connectivity index (χ2v) is 6.98. The minimum atomic E-state index is -3.00. The highest BCUT2D eigenvalue weighted by molar-refractivity contribution is 7.88. The SMILES string of the molecule is CC(C)C1CCC(CNS(C)(=O)=O)CC1. The zero-order valence-corrected chi connectivity index (χ0v) is 10.8. The van der Waals surface area contributed by atoms with Crippen molar-refractivity contribution in [2.45, 2.75) is 39.5 Å². The normalized spacial score (nSPS) is 28.3. The van der Waals surface area contributed by atoms with Crippen molar-refractivity contribution in [2.75, 3.05) is 12.8 Å². The molecule has 0 atom stereocenters. The monoisotopic (exact) mass is 233 g/mol. The molecule has 90 valence electrons. The number of hydrogen-bond donors (Lipinski definition) is 1. The number of nitrogens with one attached hydrogen (secondary N) is 1. The molecule has 1 saturated carbocycles. The number of hydrogen-bond acceptors (Lipinski definition) is 2. The van der Waals surface area contributed by atoms with Crippen LogP contribution in [-0.4, -0.2) is 21.2 Å². The molecule has 15 heavy (non-hydrogen) atoms. The van der Waals surface area contributed by atoms with Crippen LogP contribution in [0.1, 0.15) is 39.5 Å². The molecule has 0 bridgehead atoms. The first-order valence-corrected chi connectivity index (χ1v) is 7.72. The Hall–Kier alpha value is -0.0900. The maximum atomic E-state index is 10.9. The van der Waals surface area contributed by atoms with Gasteiger partial charge in [0.05, 0.1) is 6.26 Å². The van der Waals surface area contributed by atoms with Crippen LogP contribution in [0.4, 0.5) is 0 Å². The zero-order valence-electron chi connectivity index (χ0n) is 9.99. The van der Waals surface area contributed by atoms with Gasteiger partial charge in [-0.3, -0.25) is 0 Å². The van der Waals surface area contributed by atoms with E-state index in [4.69, 9.17) is 0 Å². The topological polar surface area (TPSA) is 46.2 Å². The maximum Gasteiger partial charge on any atom is 0.208 e. The van der Waals surface area contributed by atoms with Crippen molar-refractivity contribution in [3.05, 3.63) is 0 Å². The summed E-state index contributed by atoms with van der Waals surface area (Å²) in [4.78, 5) is 0. The molecule has 1 aliphatic carbocycles. The fraction of sp³-hybridized carbons (Fsp3) is 1.00. The molecule has 0 spiro atoms. The van der Waals surface area contributed by atoms with E-state index in [0.717, 1.165) is 11.8 Å². The largest absolute Gasteiger partial charge is 0.215 e. The van der Waals surface area contributed by atoms with Crippen LogP contribution in [-0.2, 0) is 10.0 Å². The fourth-order valence-electron chi connectivity index (χ4n) is 2.33. The van der Waals surface area contributed by atoms with E-state index in [1.54, 1.807) is 0 Å². The van der Waals surface area contributed by atoms with Crippen molar-refractivity contribution >= 4 is 10.0 Å². The lowest BCUT2D eigenvalue weighted by atomic mass is 9.77. The van der Waals surface area contributed by atoms with E-state index in [1.165, 1.54) is 31.9 Å². The maximum absolute atomic E-state index is 10.9. The summed E-state index contributed by atoms with van der Waals surface area (Å²) in [5, 5.41) is 0. The van der Waals surface area contributed by atoms with Gasteiger partial charge in [-0.15, -0.1) is 0 Å². The highest BCUT2D eigenvalue weighted by Crippen LogP contribution is 2.32. The third kappa shape index (κ3) is 4.98. The summed E-state index contributed by atoms with van der Waals surface area (Å²) in [5.41, 5.74) is 0. The lowest BCUT2D eigenvalue weighted by Gasteiger charge is -2.30. The van der Waals surface area contributed by atoms with E-state index in [0.29, 0.717) is 12.5 Å². The predicted octanol–water partition coefficient (Wildman–Crippen LogP) is 2.00. The van der Waals surface area contributed by atoms with E-state index in [1.807, 2.05) is 0 Å². The van der Waals surface area contributed by atoms with E-state index in [2.05, 4.69) is 18.6 Å². The average Bonchev–Trinajstić information content (AvgIpc) is 2.14. The van der Waals surface area contributed by atoms with Crippen molar-refractivity contribution in [3.63, 3.8) is 0 Å². The van der Waals surface area contributed by atoms with Crippen LogP contribution < -0.4 is 4.72 Å². The molecule has 0 radical (unpaired) electrons. The zero-order chi connectivity index (χ0) is 11.5. The second kappa shape index (κ2) is 5.30. The van der Waals surface area contributed by atoms with Crippen molar-refractivity contribution in [2.24, 2.45) is 17.8 Å². The number of sulfonamides is 1. The summed E-state index contributed by atoms with van der Waals surface area (Å²) in [6.07, 6.45) is 6.09. The molecule has 0 aliphatic heterocycles. The van der Waals surface area contributed by atoms with Crippen molar-refractivity contribution in [3.8, 4) is 0 Å². The molecule has 0 saturated heterocycles. The Balaban J connectivity index is 2.26. The Labute approximate surface area is 93.7 Å². The van der Waals surface area contributed by atoms with Crippen LogP contribution in [0.3, 0.4) is 0 Å². The average molecular weight is 233 g/mol. The highest BCUT2D eigenvalue weighted by Gasteiger charge is 2.23. The minimum Gasteiger partial charge on any atom is -0.215 e. The lowest BCUT2D eigenvalue weighted by molar-refractivity contribution is 0.225. The molecule has 1 N–H and O–H groups in total. The van der Waals surface area contributed by atoms with Crippen molar-refractivity contribution < 1.29 is 8.42 Å². The standard InChI is InChI=1S/C11H23NO2S/c1-9(2)11-6-4-10(5-7-11)8-12-15(3,13)14/h9-12H,4-8H2,1-3H3. The minimum absolute atomic E-state index is 0.551. The van der Waals surface area contributed by atoms with Gasteiger partial charge in [0.15, 0.2) is 0 Å². The number of rotatable bonds is 4. The van der Waals surface area contributed by atoms with Gasteiger partial charge in [0, 0.05) is 6.54 Å². The van der Waals surface area contributed by atoms with Gasteiger partial charge in [0.25, 0.3) is 0 Å². The van der Waals surface area contributed by atoms with Gasteiger partial charge in [0.1, 0.15) is 0 Å². The summed E-state index contributed by atoms with van der Waals surface area (Å²) >= 11 is 0. The van der Waals surface area contributed by atoms with Gasteiger partial charge in [-0.1, -0.05) is 13.8 Å². The first kappa shape index (κ1) is 13.0. The van der Waals surface area contributed by atoms with E-state index in [-0.39, 0.29) is 0 Å². The smallest absolute Gasteiger partial charge is 0.208 e. The van der Waals surface area contributed by atoms with Gasteiger partial charge in [0.2, 0.25) is 10.0 Å². The van der Waals surface area contributed by atoms with E-state index >= 15 is 0 Å². The van der Waals surface area contributed by atoms with E-state index < -0.39 is 10.0 Å². The van der Waals surface area contributed by atoms with Crippen LogP contribution in [0.15, 0.2) is 0 Å². The Morgan fingerprint density at radius 2 is 1.73 bits per heavy atom. The second-order valence-electron chi connectivity index (χ2n) is 5.15. The molecule has 4 heteroatoms. The van der Waals surface area contributed by atoms with E-state index in [9.17, 15) is 8.42 Å². The Bertz CT molecular complexity index is 277. The summed E-state index contributed by atoms with van der Waals surface area (Å²) in [6.45, 7) is 5.18. The molecule has 0 aromatic carbocycles. The van der Waals surface area contributed by atoms with Crippen molar-refractivity contribution in [1.82, 2.24) is 4.72 Å². The van der Waals surface area contributed by atoms with Crippen molar-refractivity contribution in [1.29, 1.82) is 0 Å². The molecular weight excluding hydrogens is 210 g/mol. The first-order chi connectivity index (χ1) is 6.88. The molecule has 3 nitrogen and oxygen atoms in total. The van der Waals surface area contributed by atoms with Crippen LogP contribution in [0.5, 0.6) is 0 Å². The van der Waals surface area contributed by atoms with Crippen LogP contribution in [0.25, 0.3) is 0 Å². The van der Waals surface area contributed by atoms with Gasteiger partial charge < -0.3 is 0 Å². The first-order valence-electron chi connectivity index (χ1n) is 5.83. The third-order valence-electron chi connectivity index (χ3n) is 3.47. The summed E-state index contributed by atoms with van der Waals surface area (Å²) < 4.78 is 24.5. The van der Waals surface area contributed by atoms with Gasteiger partial charge in [-0.25, -0.2) is 13.1 Å². The molecule has 1 rings (SSSR count). The molecule has 0 amide bonds. The van der Waals surface area contributed by atoms with Crippen LogP contribution in [0, 0.1) is 17.8 Å². The van der Waals surface area contributed by atoms with Gasteiger partial charge in [-0.2, -0.15) is 0 Å². The molecular formula is C11H23NO2S. The third-order valence-corrected chi connectivity index (χ3v) is 4.16. The predicted molar refractivity (Wildman–Crippen MR) is 63.1 cm³/mol. The molecule has 1 fully saturated rings. The quantitative estimate of drug-likeness (QED) is 0.807. The molecule has 0 aromatic rings. The molecule has 0 heterocycles. The Morgan fingerprint density at radius 1 is 1.20 bits per heavy atom. The summed E-state index contributed by atoms with van der Waals surface area (Å²) in [5.74, 6) is 2.17. The molecule has 0 unspecified atom stereocenters. The lowest BCUT2D eigenvalue weighted by Crippen LogP contribution is -2.31. The van der Waals surface area contributed by atoms with Gasteiger partial charge in [-0.05, 0) is 43.4 Å². The highest BCUT2D eigenvalue weighted by atomic mass is 32.2. The summed E-state index contributed by atoms with van der Waals surface area (Å²) in [6, 6.07) is 0.